The molecule has 1 aromatic carbocycles. The van der Waals surface area contributed by atoms with E-state index in [9.17, 15) is 19.2 Å². The first-order valence-electron chi connectivity index (χ1n) is 8.53. The van der Waals surface area contributed by atoms with Crippen molar-refractivity contribution in [1.29, 1.82) is 0 Å². The monoisotopic (exact) mass is 363 g/mol. The van der Waals surface area contributed by atoms with Crippen molar-refractivity contribution < 1.29 is 24.3 Å². The summed E-state index contributed by atoms with van der Waals surface area (Å²) in [5.74, 6) is -1.91. The highest BCUT2D eigenvalue weighted by molar-refractivity contribution is 5.97. The molecular weight excluding hydrogens is 338 g/mol. The number of anilines is 1. The Bertz CT molecular complexity index is 643. The molecule has 3 amide bonds. The molecule has 1 atom stereocenters. The molecule has 0 saturated heterocycles. The molecule has 4 N–H and O–H groups in total. The van der Waals surface area contributed by atoms with Crippen LogP contribution in [0.5, 0.6) is 0 Å². The van der Waals surface area contributed by atoms with E-state index in [-0.39, 0.29) is 18.2 Å². The number of nitrogens with one attached hydrogen (secondary N) is 3. The minimum Gasteiger partial charge on any atom is -0.480 e. The summed E-state index contributed by atoms with van der Waals surface area (Å²) >= 11 is 0. The standard InChI is InChI=1S/C18H25N3O5/c1-3-11-19-15(22)5-4-6-16(23)21-14-9-7-13(8-10-14)17(24)20-12(2)18(25)26/h7-10,12H,3-6,11H2,1-2H3,(H,19,22)(H,20,24)(H,21,23)(H,25,26). The SMILES string of the molecule is CCCNC(=O)CCCC(=O)Nc1ccc(C(=O)NC(C)C(=O)O)cc1. The fourth-order valence-electron chi connectivity index (χ4n) is 2.03. The molecule has 26 heavy (non-hydrogen) atoms. The van der Waals surface area contributed by atoms with Gasteiger partial charge in [-0.3, -0.25) is 19.2 Å². The lowest BCUT2D eigenvalue weighted by molar-refractivity contribution is -0.138. The van der Waals surface area contributed by atoms with E-state index in [1.807, 2.05) is 6.92 Å². The number of rotatable bonds is 10. The molecule has 0 aliphatic carbocycles. The van der Waals surface area contributed by atoms with Crippen molar-refractivity contribution in [3.63, 3.8) is 0 Å². The van der Waals surface area contributed by atoms with E-state index in [2.05, 4.69) is 16.0 Å². The zero-order valence-corrected chi connectivity index (χ0v) is 15.0. The first-order valence-corrected chi connectivity index (χ1v) is 8.53. The summed E-state index contributed by atoms with van der Waals surface area (Å²) in [4.78, 5) is 45.9. The van der Waals surface area contributed by atoms with Crippen molar-refractivity contribution in [3.8, 4) is 0 Å². The predicted molar refractivity (Wildman–Crippen MR) is 96.8 cm³/mol. The van der Waals surface area contributed by atoms with Crippen LogP contribution >= 0.6 is 0 Å². The molecule has 8 nitrogen and oxygen atoms in total. The van der Waals surface area contributed by atoms with Crippen LogP contribution in [0.4, 0.5) is 5.69 Å². The maximum absolute atomic E-state index is 11.9. The van der Waals surface area contributed by atoms with Crippen LogP contribution in [-0.2, 0) is 14.4 Å². The zero-order valence-electron chi connectivity index (χ0n) is 15.0. The summed E-state index contributed by atoms with van der Waals surface area (Å²) in [7, 11) is 0. The Hall–Kier alpha value is -2.90. The summed E-state index contributed by atoms with van der Waals surface area (Å²) < 4.78 is 0. The van der Waals surface area contributed by atoms with Gasteiger partial charge >= 0.3 is 5.97 Å². The lowest BCUT2D eigenvalue weighted by atomic mass is 10.1. The van der Waals surface area contributed by atoms with Crippen molar-refractivity contribution in [2.45, 2.75) is 45.6 Å². The van der Waals surface area contributed by atoms with E-state index >= 15 is 0 Å². The van der Waals surface area contributed by atoms with Crippen molar-refractivity contribution in [2.75, 3.05) is 11.9 Å². The highest BCUT2D eigenvalue weighted by atomic mass is 16.4. The van der Waals surface area contributed by atoms with Crippen molar-refractivity contribution in [3.05, 3.63) is 29.8 Å². The minimum atomic E-state index is -1.12. The van der Waals surface area contributed by atoms with E-state index in [4.69, 9.17) is 5.11 Å². The second kappa shape index (κ2) is 10.9. The number of benzene rings is 1. The van der Waals surface area contributed by atoms with E-state index in [0.717, 1.165) is 6.42 Å². The minimum absolute atomic E-state index is 0.0643. The molecular formula is C18H25N3O5. The Morgan fingerprint density at radius 2 is 1.65 bits per heavy atom. The third-order valence-electron chi connectivity index (χ3n) is 3.53. The molecule has 0 heterocycles. The quantitative estimate of drug-likeness (QED) is 0.502. The number of carboxylic acids is 1. The molecule has 0 aliphatic rings. The average Bonchev–Trinajstić information content (AvgIpc) is 2.60. The lowest BCUT2D eigenvalue weighted by Crippen LogP contribution is -2.38. The van der Waals surface area contributed by atoms with Gasteiger partial charge in [-0.25, -0.2) is 0 Å². The van der Waals surface area contributed by atoms with E-state index < -0.39 is 17.9 Å². The number of aliphatic carboxylic acids is 1. The Labute approximate surface area is 152 Å². The van der Waals surface area contributed by atoms with Gasteiger partial charge < -0.3 is 21.1 Å². The van der Waals surface area contributed by atoms with Crippen LogP contribution in [0.1, 0.15) is 49.9 Å². The first kappa shape index (κ1) is 21.1. The maximum Gasteiger partial charge on any atom is 0.325 e. The summed E-state index contributed by atoms with van der Waals surface area (Å²) in [6.45, 7) is 3.98. The smallest absolute Gasteiger partial charge is 0.325 e. The van der Waals surface area contributed by atoms with Gasteiger partial charge in [0.2, 0.25) is 11.8 Å². The zero-order chi connectivity index (χ0) is 19.5. The largest absolute Gasteiger partial charge is 0.480 e. The van der Waals surface area contributed by atoms with Gasteiger partial charge in [0.05, 0.1) is 0 Å². The molecule has 1 rings (SSSR count). The molecule has 0 aliphatic heterocycles. The maximum atomic E-state index is 11.9. The summed E-state index contributed by atoms with van der Waals surface area (Å²) in [6, 6.07) is 5.13. The molecule has 0 spiro atoms. The highest BCUT2D eigenvalue weighted by Gasteiger charge is 2.15. The number of amides is 3. The Morgan fingerprint density at radius 3 is 2.23 bits per heavy atom. The molecule has 0 radical (unpaired) electrons. The van der Waals surface area contributed by atoms with Crippen LogP contribution in [0, 0.1) is 0 Å². The second-order valence-electron chi connectivity index (χ2n) is 5.86. The third-order valence-corrected chi connectivity index (χ3v) is 3.53. The van der Waals surface area contributed by atoms with Crippen LogP contribution in [0.25, 0.3) is 0 Å². The van der Waals surface area contributed by atoms with E-state index in [0.29, 0.717) is 30.6 Å². The van der Waals surface area contributed by atoms with Crippen LogP contribution in [-0.4, -0.2) is 41.4 Å². The third kappa shape index (κ3) is 7.78. The molecule has 8 heteroatoms. The number of carboxylic acid groups (broad SMARTS) is 1. The van der Waals surface area contributed by atoms with Gasteiger partial charge in [0, 0.05) is 30.6 Å². The molecule has 0 fully saturated rings. The van der Waals surface area contributed by atoms with Gasteiger partial charge in [0.1, 0.15) is 6.04 Å². The Morgan fingerprint density at radius 1 is 1.04 bits per heavy atom. The molecule has 1 unspecified atom stereocenters. The van der Waals surface area contributed by atoms with Crippen molar-refractivity contribution in [2.24, 2.45) is 0 Å². The Balaban J connectivity index is 2.41. The van der Waals surface area contributed by atoms with Gasteiger partial charge in [-0.1, -0.05) is 6.92 Å². The van der Waals surface area contributed by atoms with Crippen LogP contribution < -0.4 is 16.0 Å². The summed E-state index contributed by atoms with van der Waals surface area (Å²) in [5.41, 5.74) is 0.817. The van der Waals surface area contributed by atoms with Gasteiger partial charge in [0.25, 0.3) is 5.91 Å². The van der Waals surface area contributed by atoms with Crippen molar-refractivity contribution in [1.82, 2.24) is 10.6 Å². The Kier molecular flexibility index (Phi) is 8.83. The molecule has 0 saturated carbocycles. The highest BCUT2D eigenvalue weighted by Crippen LogP contribution is 2.11. The number of carbonyl (C=O) groups excluding carboxylic acids is 3. The first-order chi connectivity index (χ1) is 12.3. The lowest BCUT2D eigenvalue weighted by Gasteiger charge is -2.10. The normalized spacial score (nSPS) is 11.3. The van der Waals surface area contributed by atoms with Gasteiger partial charge in [0.15, 0.2) is 0 Å². The van der Waals surface area contributed by atoms with Crippen LogP contribution in [0.2, 0.25) is 0 Å². The fraction of sp³-hybridized carbons (Fsp3) is 0.444. The molecule has 0 bridgehead atoms. The summed E-state index contributed by atoms with van der Waals surface area (Å²) in [5, 5.41) is 16.6. The average molecular weight is 363 g/mol. The van der Waals surface area contributed by atoms with Crippen LogP contribution in [0.15, 0.2) is 24.3 Å². The molecule has 1 aromatic rings. The topological polar surface area (TPSA) is 125 Å². The van der Waals surface area contributed by atoms with E-state index in [1.54, 1.807) is 12.1 Å². The molecule has 142 valence electrons. The van der Waals surface area contributed by atoms with Gasteiger partial charge in [-0.05, 0) is 44.0 Å². The summed E-state index contributed by atoms with van der Waals surface area (Å²) in [6.07, 6.45) is 1.84. The number of carbonyl (C=O) groups is 4. The van der Waals surface area contributed by atoms with Crippen LogP contribution in [0.3, 0.4) is 0 Å². The van der Waals surface area contributed by atoms with Gasteiger partial charge in [-0.15, -0.1) is 0 Å². The molecule has 0 aromatic heterocycles. The van der Waals surface area contributed by atoms with Crippen molar-refractivity contribution >= 4 is 29.4 Å². The number of hydrogen-bond acceptors (Lipinski definition) is 4. The fourth-order valence-corrected chi connectivity index (χ4v) is 2.03. The number of hydrogen-bond donors (Lipinski definition) is 4. The van der Waals surface area contributed by atoms with E-state index in [1.165, 1.54) is 19.1 Å². The second-order valence-corrected chi connectivity index (χ2v) is 5.86. The van der Waals surface area contributed by atoms with Gasteiger partial charge in [-0.2, -0.15) is 0 Å². The predicted octanol–water partition coefficient (Wildman–Crippen LogP) is 1.52.